The van der Waals surface area contributed by atoms with Crippen LogP contribution in [0.2, 0.25) is 0 Å². The number of nitrogens with one attached hydrogen (secondary N) is 1. The van der Waals surface area contributed by atoms with Crippen molar-refractivity contribution in [2.75, 3.05) is 12.1 Å². The molecule has 0 spiro atoms. The molecular formula is C14H12N2O3S. The van der Waals surface area contributed by atoms with Crippen molar-refractivity contribution < 1.29 is 14.3 Å². The number of thiazole rings is 1. The number of hydrogen-bond acceptors (Lipinski definition) is 5. The highest BCUT2D eigenvalue weighted by molar-refractivity contribution is 7.13. The molecule has 20 heavy (non-hydrogen) atoms. The Morgan fingerprint density at radius 2 is 2.25 bits per heavy atom. The molecule has 6 heteroatoms. The molecule has 1 N–H and O–H groups in total. The van der Waals surface area contributed by atoms with Gasteiger partial charge in [0.1, 0.15) is 0 Å². The molecule has 2 aromatic rings. The Hall–Kier alpha value is -2.34. The SMILES string of the molecule is Cc1csc(NC(=O)/C=C/c2ccc3c(c2)OCO3)n1. The molecule has 0 fully saturated rings. The van der Waals surface area contributed by atoms with Gasteiger partial charge >= 0.3 is 0 Å². The fourth-order valence-corrected chi connectivity index (χ4v) is 2.44. The predicted molar refractivity (Wildman–Crippen MR) is 77.1 cm³/mol. The van der Waals surface area contributed by atoms with Crippen LogP contribution in [-0.2, 0) is 4.79 Å². The number of carbonyl (C=O) groups is 1. The van der Waals surface area contributed by atoms with E-state index in [1.165, 1.54) is 17.4 Å². The second kappa shape index (κ2) is 5.34. The molecule has 1 aliphatic rings. The number of fused-ring (bicyclic) bond motifs is 1. The average Bonchev–Trinajstić information content (AvgIpc) is 3.04. The molecule has 0 atom stereocenters. The number of hydrogen-bond donors (Lipinski definition) is 1. The lowest BCUT2D eigenvalue weighted by Gasteiger charge is -1.98. The first-order valence-electron chi connectivity index (χ1n) is 6.01. The van der Waals surface area contributed by atoms with E-state index in [2.05, 4.69) is 10.3 Å². The van der Waals surface area contributed by atoms with E-state index in [9.17, 15) is 4.79 Å². The predicted octanol–water partition coefficient (Wildman–Crippen LogP) is 2.83. The highest BCUT2D eigenvalue weighted by atomic mass is 32.1. The summed E-state index contributed by atoms with van der Waals surface area (Å²) in [6.45, 7) is 2.13. The lowest BCUT2D eigenvalue weighted by Crippen LogP contribution is -2.07. The maximum atomic E-state index is 11.7. The van der Waals surface area contributed by atoms with Crippen LogP contribution in [0.4, 0.5) is 5.13 Å². The Labute approximate surface area is 119 Å². The van der Waals surface area contributed by atoms with Crippen molar-refractivity contribution in [1.29, 1.82) is 0 Å². The molecule has 0 radical (unpaired) electrons. The third-order valence-electron chi connectivity index (χ3n) is 2.67. The Balaban J connectivity index is 1.66. The van der Waals surface area contributed by atoms with Crippen LogP contribution in [0.15, 0.2) is 29.7 Å². The number of nitrogens with zero attached hydrogens (tertiary/aromatic N) is 1. The fraction of sp³-hybridized carbons (Fsp3) is 0.143. The first-order valence-corrected chi connectivity index (χ1v) is 6.89. The largest absolute Gasteiger partial charge is 0.454 e. The van der Waals surface area contributed by atoms with E-state index >= 15 is 0 Å². The summed E-state index contributed by atoms with van der Waals surface area (Å²) < 4.78 is 10.5. The quantitative estimate of drug-likeness (QED) is 0.882. The van der Waals surface area contributed by atoms with Gasteiger partial charge < -0.3 is 9.47 Å². The minimum atomic E-state index is -0.211. The van der Waals surface area contributed by atoms with Gasteiger partial charge in [0.25, 0.3) is 0 Å². The van der Waals surface area contributed by atoms with E-state index in [0.29, 0.717) is 10.9 Å². The third-order valence-corrected chi connectivity index (χ3v) is 3.55. The van der Waals surface area contributed by atoms with Crippen molar-refractivity contribution >= 4 is 28.5 Å². The zero-order valence-electron chi connectivity index (χ0n) is 10.8. The standard InChI is InChI=1S/C14H12N2O3S/c1-9-7-20-14(15-9)16-13(17)5-3-10-2-4-11-12(6-10)19-8-18-11/h2-7H,8H2,1H3,(H,15,16,17)/b5-3+. The monoisotopic (exact) mass is 288 g/mol. The summed E-state index contributed by atoms with van der Waals surface area (Å²) in [5, 5.41) is 5.20. The third kappa shape index (κ3) is 2.80. The molecule has 102 valence electrons. The number of benzene rings is 1. The fourth-order valence-electron chi connectivity index (χ4n) is 1.75. The lowest BCUT2D eigenvalue weighted by molar-refractivity contribution is -0.111. The molecule has 1 aliphatic heterocycles. The zero-order chi connectivity index (χ0) is 13.9. The van der Waals surface area contributed by atoms with Gasteiger partial charge in [-0.2, -0.15) is 0 Å². The van der Waals surface area contributed by atoms with Crippen LogP contribution in [0, 0.1) is 6.92 Å². The van der Waals surface area contributed by atoms with Crippen LogP contribution in [0.25, 0.3) is 6.08 Å². The van der Waals surface area contributed by atoms with Crippen molar-refractivity contribution in [2.24, 2.45) is 0 Å². The van der Waals surface area contributed by atoms with Crippen LogP contribution < -0.4 is 14.8 Å². The molecule has 0 saturated heterocycles. The van der Waals surface area contributed by atoms with Crippen LogP contribution in [-0.4, -0.2) is 17.7 Å². The number of carbonyl (C=O) groups excluding carboxylic acids is 1. The molecule has 1 amide bonds. The maximum absolute atomic E-state index is 11.7. The highest BCUT2D eigenvalue weighted by Gasteiger charge is 2.12. The van der Waals surface area contributed by atoms with Gasteiger partial charge in [-0.1, -0.05) is 6.07 Å². The molecular weight excluding hydrogens is 276 g/mol. The van der Waals surface area contributed by atoms with Crippen molar-refractivity contribution in [3.63, 3.8) is 0 Å². The number of anilines is 1. The molecule has 0 unspecified atom stereocenters. The summed E-state index contributed by atoms with van der Waals surface area (Å²) in [7, 11) is 0. The van der Waals surface area contributed by atoms with Gasteiger partial charge in [-0.15, -0.1) is 11.3 Å². The number of ether oxygens (including phenoxy) is 2. The van der Waals surface area contributed by atoms with Gasteiger partial charge in [0, 0.05) is 11.5 Å². The summed E-state index contributed by atoms with van der Waals surface area (Å²) in [5.41, 5.74) is 1.77. The smallest absolute Gasteiger partial charge is 0.250 e. The maximum Gasteiger partial charge on any atom is 0.250 e. The van der Waals surface area contributed by atoms with Crippen LogP contribution >= 0.6 is 11.3 Å². The van der Waals surface area contributed by atoms with E-state index in [1.54, 1.807) is 6.08 Å². The minimum absolute atomic E-state index is 0.211. The topological polar surface area (TPSA) is 60.5 Å². The van der Waals surface area contributed by atoms with Gasteiger partial charge in [0.15, 0.2) is 16.6 Å². The van der Waals surface area contributed by atoms with Crippen molar-refractivity contribution in [3.8, 4) is 11.5 Å². The van der Waals surface area contributed by atoms with Crippen molar-refractivity contribution in [2.45, 2.75) is 6.92 Å². The summed E-state index contributed by atoms with van der Waals surface area (Å²) in [6, 6.07) is 5.52. The van der Waals surface area contributed by atoms with Crippen LogP contribution in [0.1, 0.15) is 11.3 Å². The van der Waals surface area contributed by atoms with Gasteiger partial charge in [-0.25, -0.2) is 4.98 Å². The first kappa shape index (κ1) is 12.7. The Kier molecular flexibility index (Phi) is 3.39. The van der Waals surface area contributed by atoms with E-state index in [1.807, 2.05) is 30.5 Å². The molecule has 1 aromatic heterocycles. The lowest BCUT2D eigenvalue weighted by atomic mass is 10.2. The van der Waals surface area contributed by atoms with E-state index in [0.717, 1.165) is 17.0 Å². The molecule has 0 aliphatic carbocycles. The molecule has 2 heterocycles. The molecule has 1 aromatic carbocycles. The van der Waals surface area contributed by atoms with Crippen molar-refractivity contribution in [3.05, 3.63) is 40.9 Å². The van der Waals surface area contributed by atoms with Gasteiger partial charge in [-0.05, 0) is 30.7 Å². The highest BCUT2D eigenvalue weighted by Crippen LogP contribution is 2.32. The van der Waals surface area contributed by atoms with Gasteiger partial charge in [0.2, 0.25) is 12.7 Å². The Morgan fingerprint density at radius 1 is 1.40 bits per heavy atom. The first-order chi connectivity index (χ1) is 9.70. The molecule has 3 rings (SSSR count). The Bertz CT molecular complexity index is 679. The van der Waals surface area contributed by atoms with E-state index < -0.39 is 0 Å². The second-order valence-corrected chi connectivity index (χ2v) is 5.09. The number of aromatic nitrogens is 1. The summed E-state index contributed by atoms with van der Waals surface area (Å²) in [5.74, 6) is 1.21. The molecule has 0 bridgehead atoms. The van der Waals surface area contributed by atoms with Crippen LogP contribution in [0.5, 0.6) is 11.5 Å². The summed E-state index contributed by atoms with van der Waals surface area (Å²) in [4.78, 5) is 15.9. The minimum Gasteiger partial charge on any atom is -0.454 e. The van der Waals surface area contributed by atoms with Gasteiger partial charge in [0.05, 0.1) is 5.69 Å². The number of amides is 1. The molecule has 5 nitrogen and oxygen atoms in total. The number of aryl methyl sites for hydroxylation is 1. The van der Waals surface area contributed by atoms with E-state index in [4.69, 9.17) is 9.47 Å². The number of rotatable bonds is 3. The average molecular weight is 288 g/mol. The van der Waals surface area contributed by atoms with Crippen molar-refractivity contribution in [1.82, 2.24) is 4.98 Å². The summed E-state index contributed by atoms with van der Waals surface area (Å²) >= 11 is 1.40. The van der Waals surface area contributed by atoms with Gasteiger partial charge in [-0.3, -0.25) is 10.1 Å². The summed E-state index contributed by atoms with van der Waals surface area (Å²) in [6.07, 6.45) is 3.19. The normalized spacial score (nSPS) is 12.8. The van der Waals surface area contributed by atoms with E-state index in [-0.39, 0.29) is 12.7 Å². The van der Waals surface area contributed by atoms with Crippen LogP contribution in [0.3, 0.4) is 0 Å². The molecule has 0 saturated carbocycles. The zero-order valence-corrected chi connectivity index (χ0v) is 11.6. The second-order valence-electron chi connectivity index (χ2n) is 4.23. The Morgan fingerprint density at radius 3 is 3.05 bits per heavy atom.